The van der Waals surface area contributed by atoms with Gasteiger partial charge in [-0.25, -0.2) is 9.78 Å². The zero-order valence-corrected chi connectivity index (χ0v) is 13.7. The Morgan fingerprint density at radius 2 is 2.00 bits per heavy atom. The lowest BCUT2D eigenvalue weighted by molar-refractivity contribution is 0.0526. The maximum atomic E-state index is 11.9. The zero-order chi connectivity index (χ0) is 17.8. The number of nitrogens with zero attached hydrogens (tertiary/aromatic N) is 1. The Hall–Kier alpha value is -3.35. The first-order valence-electron chi connectivity index (χ1n) is 7.86. The zero-order valence-electron chi connectivity index (χ0n) is 13.7. The van der Waals surface area contributed by atoms with Crippen LogP contribution in [0.5, 0.6) is 0 Å². The number of carbonyl (C=O) groups is 1. The topological polar surface area (TPSA) is 110 Å². The van der Waals surface area contributed by atoms with Gasteiger partial charge in [-0.1, -0.05) is 6.07 Å². The van der Waals surface area contributed by atoms with Crippen molar-refractivity contribution in [2.24, 2.45) is 0 Å². The van der Waals surface area contributed by atoms with E-state index in [1.165, 1.54) is 0 Å². The van der Waals surface area contributed by atoms with Crippen LogP contribution in [0.4, 0.5) is 11.6 Å². The average Bonchev–Trinajstić information content (AvgIpc) is 2.61. The van der Waals surface area contributed by atoms with Crippen molar-refractivity contribution in [3.63, 3.8) is 0 Å². The molecule has 0 saturated carbocycles. The first kappa shape index (κ1) is 16.5. The molecule has 3 rings (SSSR count). The highest BCUT2D eigenvalue weighted by Crippen LogP contribution is 2.15. The first-order valence-corrected chi connectivity index (χ1v) is 7.86. The minimum absolute atomic E-state index is 0.102. The molecule has 1 heterocycles. The van der Waals surface area contributed by atoms with Crippen molar-refractivity contribution in [1.29, 1.82) is 0 Å². The molecule has 0 atom stereocenters. The van der Waals surface area contributed by atoms with Crippen molar-refractivity contribution in [1.82, 2.24) is 9.97 Å². The average molecular weight is 338 g/mol. The number of benzene rings is 2. The van der Waals surface area contributed by atoms with Crippen molar-refractivity contribution in [3.05, 3.63) is 63.9 Å². The highest BCUT2D eigenvalue weighted by Gasteiger charge is 2.06. The molecule has 25 heavy (non-hydrogen) atoms. The van der Waals surface area contributed by atoms with E-state index in [1.807, 2.05) is 18.2 Å². The molecule has 0 aliphatic carbocycles. The maximum Gasteiger partial charge on any atom is 0.338 e. The van der Waals surface area contributed by atoms with Crippen LogP contribution in [0.1, 0.15) is 22.8 Å². The molecule has 0 spiro atoms. The predicted molar refractivity (Wildman–Crippen MR) is 96.5 cm³/mol. The number of esters is 1. The summed E-state index contributed by atoms with van der Waals surface area (Å²) >= 11 is 0. The smallest absolute Gasteiger partial charge is 0.338 e. The van der Waals surface area contributed by atoms with Gasteiger partial charge in [-0.05, 0) is 48.9 Å². The third-order valence-electron chi connectivity index (χ3n) is 3.68. The summed E-state index contributed by atoms with van der Waals surface area (Å²) in [4.78, 5) is 30.1. The minimum atomic E-state index is -0.338. The van der Waals surface area contributed by atoms with Crippen LogP contribution in [0.25, 0.3) is 10.9 Å². The molecule has 1 aromatic heterocycles. The summed E-state index contributed by atoms with van der Waals surface area (Å²) in [6.45, 7) is 2.64. The Morgan fingerprint density at radius 1 is 1.24 bits per heavy atom. The summed E-state index contributed by atoms with van der Waals surface area (Å²) in [5.74, 6) is -0.236. The second kappa shape index (κ2) is 7.04. The third-order valence-corrected chi connectivity index (χ3v) is 3.68. The van der Waals surface area contributed by atoms with Gasteiger partial charge in [0.2, 0.25) is 5.95 Å². The van der Waals surface area contributed by atoms with Crippen LogP contribution in [-0.2, 0) is 11.3 Å². The Kier molecular flexibility index (Phi) is 4.65. The molecule has 3 aromatic rings. The minimum Gasteiger partial charge on any atom is -0.462 e. The highest BCUT2D eigenvalue weighted by molar-refractivity contribution is 5.89. The number of hydrogen-bond donors (Lipinski definition) is 3. The number of nitrogens with two attached hydrogens (primary N) is 1. The van der Waals surface area contributed by atoms with Gasteiger partial charge in [0.25, 0.3) is 5.56 Å². The SMILES string of the molecule is CCOC(=O)c1ccc(NCc2ccc3nc(N)[nH]c(=O)c3c2)cc1. The number of anilines is 2. The van der Waals surface area contributed by atoms with Crippen LogP contribution in [0.3, 0.4) is 0 Å². The second-order valence-corrected chi connectivity index (χ2v) is 5.45. The number of H-pyrrole nitrogens is 1. The van der Waals surface area contributed by atoms with E-state index >= 15 is 0 Å². The molecule has 128 valence electrons. The Bertz CT molecular complexity index is 964. The number of aromatic amines is 1. The second-order valence-electron chi connectivity index (χ2n) is 5.45. The lowest BCUT2D eigenvalue weighted by Crippen LogP contribution is -2.11. The van der Waals surface area contributed by atoms with Gasteiger partial charge in [0, 0.05) is 12.2 Å². The van der Waals surface area contributed by atoms with E-state index < -0.39 is 0 Å². The molecular formula is C18H18N4O3. The summed E-state index contributed by atoms with van der Waals surface area (Å²) in [5, 5.41) is 3.74. The Balaban J connectivity index is 1.72. The van der Waals surface area contributed by atoms with Crippen LogP contribution in [0, 0.1) is 0 Å². The van der Waals surface area contributed by atoms with Crippen LogP contribution >= 0.6 is 0 Å². The van der Waals surface area contributed by atoms with Gasteiger partial charge >= 0.3 is 5.97 Å². The molecule has 0 saturated heterocycles. The van der Waals surface area contributed by atoms with Gasteiger partial charge in [0.15, 0.2) is 0 Å². The number of nitrogens with one attached hydrogen (secondary N) is 2. The maximum absolute atomic E-state index is 11.9. The number of fused-ring (bicyclic) bond motifs is 1. The summed E-state index contributed by atoms with van der Waals surface area (Å²) in [5.41, 5.74) is 8.13. The molecule has 7 heteroatoms. The van der Waals surface area contributed by atoms with Gasteiger partial charge < -0.3 is 15.8 Å². The van der Waals surface area contributed by atoms with E-state index in [9.17, 15) is 9.59 Å². The number of aromatic nitrogens is 2. The lowest BCUT2D eigenvalue weighted by atomic mass is 10.1. The molecule has 2 aromatic carbocycles. The van der Waals surface area contributed by atoms with E-state index in [1.54, 1.807) is 31.2 Å². The van der Waals surface area contributed by atoms with Crippen LogP contribution in [0.15, 0.2) is 47.3 Å². The van der Waals surface area contributed by atoms with E-state index in [0.29, 0.717) is 29.6 Å². The molecule has 0 fully saturated rings. The molecule has 0 unspecified atom stereocenters. The summed E-state index contributed by atoms with van der Waals surface area (Å²) < 4.78 is 4.95. The van der Waals surface area contributed by atoms with Crippen molar-refractivity contribution < 1.29 is 9.53 Å². The highest BCUT2D eigenvalue weighted by atomic mass is 16.5. The first-order chi connectivity index (χ1) is 12.1. The van der Waals surface area contributed by atoms with Gasteiger partial charge in [0.05, 0.1) is 23.1 Å². The van der Waals surface area contributed by atoms with Crippen molar-refractivity contribution in [3.8, 4) is 0 Å². The van der Waals surface area contributed by atoms with E-state index in [0.717, 1.165) is 11.3 Å². The fourth-order valence-corrected chi connectivity index (χ4v) is 2.46. The van der Waals surface area contributed by atoms with Gasteiger partial charge in [-0.2, -0.15) is 0 Å². The Morgan fingerprint density at radius 3 is 2.72 bits per heavy atom. The predicted octanol–water partition coefficient (Wildman–Crippen LogP) is 2.29. The van der Waals surface area contributed by atoms with Crippen LogP contribution in [-0.4, -0.2) is 22.5 Å². The molecular weight excluding hydrogens is 320 g/mol. The summed E-state index contributed by atoms with van der Waals surface area (Å²) in [6.07, 6.45) is 0. The number of hydrogen-bond acceptors (Lipinski definition) is 6. The van der Waals surface area contributed by atoms with Crippen molar-refractivity contribution in [2.45, 2.75) is 13.5 Å². The van der Waals surface area contributed by atoms with Crippen molar-refractivity contribution in [2.75, 3.05) is 17.7 Å². The number of carbonyl (C=O) groups excluding carboxylic acids is 1. The quantitative estimate of drug-likeness (QED) is 0.616. The standard InChI is InChI=1S/C18H18N4O3/c1-2-25-17(24)12-4-6-13(7-5-12)20-10-11-3-8-15-14(9-11)16(23)22-18(19)21-15/h3-9,20H,2,10H2,1H3,(H3,19,21,22,23). The molecule has 0 radical (unpaired) electrons. The Labute approximate surface area is 143 Å². The van der Waals surface area contributed by atoms with Gasteiger partial charge in [0.1, 0.15) is 0 Å². The summed E-state index contributed by atoms with van der Waals surface area (Å²) in [6, 6.07) is 12.5. The van der Waals surface area contributed by atoms with Gasteiger partial charge in [-0.15, -0.1) is 0 Å². The fraction of sp³-hybridized carbons (Fsp3) is 0.167. The van der Waals surface area contributed by atoms with Crippen LogP contribution in [0.2, 0.25) is 0 Å². The van der Waals surface area contributed by atoms with E-state index in [-0.39, 0.29) is 17.5 Å². The van der Waals surface area contributed by atoms with E-state index in [4.69, 9.17) is 10.5 Å². The molecule has 7 nitrogen and oxygen atoms in total. The fourth-order valence-electron chi connectivity index (χ4n) is 2.46. The largest absolute Gasteiger partial charge is 0.462 e. The van der Waals surface area contributed by atoms with E-state index in [2.05, 4.69) is 15.3 Å². The normalized spacial score (nSPS) is 10.6. The number of nitrogen functional groups attached to an aromatic ring is 1. The van der Waals surface area contributed by atoms with Gasteiger partial charge in [-0.3, -0.25) is 9.78 Å². The number of rotatable bonds is 5. The molecule has 0 amide bonds. The number of ether oxygens (including phenoxy) is 1. The lowest BCUT2D eigenvalue weighted by Gasteiger charge is -2.08. The molecule has 0 aliphatic heterocycles. The van der Waals surface area contributed by atoms with Crippen molar-refractivity contribution >= 4 is 28.5 Å². The molecule has 4 N–H and O–H groups in total. The van der Waals surface area contributed by atoms with Crippen LogP contribution < -0.4 is 16.6 Å². The summed E-state index contributed by atoms with van der Waals surface area (Å²) in [7, 11) is 0. The molecule has 0 bridgehead atoms. The molecule has 0 aliphatic rings. The monoisotopic (exact) mass is 338 g/mol. The third kappa shape index (κ3) is 3.77.